The molecule has 5 nitrogen and oxygen atoms in total. The summed E-state index contributed by atoms with van der Waals surface area (Å²) in [6.45, 7) is 4.07. The molecule has 0 atom stereocenters. The van der Waals surface area contributed by atoms with Gasteiger partial charge < -0.3 is 20.3 Å². The zero-order chi connectivity index (χ0) is 13.9. The van der Waals surface area contributed by atoms with Gasteiger partial charge in [0.05, 0.1) is 5.56 Å². The van der Waals surface area contributed by atoms with Gasteiger partial charge in [0.25, 0.3) is 5.91 Å². The summed E-state index contributed by atoms with van der Waals surface area (Å²) in [5.41, 5.74) is 0.121. The van der Waals surface area contributed by atoms with Crippen molar-refractivity contribution < 1.29 is 19.7 Å². The van der Waals surface area contributed by atoms with Crippen molar-refractivity contribution in [2.24, 2.45) is 5.41 Å². The number of para-hydroxylation sites is 1. The predicted octanol–water partition coefficient (Wildman–Crippen LogP) is 1.64. The predicted molar refractivity (Wildman–Crippen MR) is 70.3 cm³/mol. The number of aromatic hydroxyl groups is 2. The summed E-state index contributed by atoms with van der Waals surface area (Å²) in [4.78, 5) is 12.0. The van der Waals surface area contributed by atoms with E-state index in [9.17, 15) is 15.0 Å². The normalized spacial score (nSPS) is 17.9. The fourth-order valence-corrected chi connectivity index (χ4v) is 2.14. The summed E-state index contributed by atoms with van der Waals surface area (Å²) in [7, 11) is 0. The highest BCUT2D eigenvalue weighted by atomic mass is 16.5. The fourth-order valence-electron chi connectivity index (χ4n) is 2.14. The zero-order valence-electron chi connectivity index (χ0n) is 11.0. The molecular weight excluding hydrogens is 246 g/mol. The minimum absolute atomic E-state index is 0.0281. The topological polar surface area (TPSA) is 78.8 Å². The first-order chi connectivity index (χ1) is 9.02. The maximum Gasteiger partial charge on any atom is 0.255 e. The van der Waals surface area contributed by atoms with E-state index >= 15 is 0 Å². The Morgan fingerprint density at radius 2 is 2.05 bits per heavy atom. The van der Waals surface area contributed by atoms with Crippen molar-refractivity contribution in [1.29, 1.82) is 0 Å². The van der Waals surface area contributed by atoms with Gasteiger partial charge in [0.1, 0.15) is 0 Å². The summed E-state index contributed by atoms with van der Waals surface area (Å²) in [5.74, 6) is -1.04. The van der Waals surface area contributed by atoms with E-state index in [2.05, 4.69) is 12.2 Å². The first kappa shape index (κ1) is 13.7. The molecule has 1 heterocycles. The van der Waals surface area contributed by atoms with E-state index in [1.165, 1.54) is 18.2 Å². The Morgan fingerprint density at radius 1 is 1.37 bits per heavy atom. The fraction of sp³-hybridized carbons (Fsp3) is 0.500. The third-order valence-electron chi connectivity index (χ3n) is 3.63. The maximum atomic E-state index is 12.0. The molecule has 0 unspecified atom stereocenters. The molecule has 1 fully saturated rings. The lowest BCUT2D eigenvalue weighted by molar-refractivity contribution is 0.0238. The Bertz CT molecular complexity index is 467. The van der Waals surface area contributed by atoms with Gasteiger partial charge in [0.2, 0.25) is 0 Å². The number of amides is 1. The van der Waals surface area contributed by atoms with Gasteiger partial charge in [-0.05, 0) is 30.4 Å². The van der Waals surface area contributed by atoms with Crippen LogP contribution >= 0.6 is 0 Å². The van der Waals surface area contributed by atoms with Gasteiger partial charge in [-0.25, -0.2) is 0 Å². The number of phenols is 2. The Balaban J connectivity index is 1.99. The number of carbonyl (C=O) groups is 1. The quantitative estimate of drug-likeness (QED) is 0.726. The molecule has 5 heteroatoms. The van der Waals surface area contributed by atoms with Crippen molar-refractivity contribution in [3.05, 3.63) is 23.8 Å². The van der Waals surface area contributed by atoms with Crippen molar-refractivity contribution in [1.82, 2.24) is 5.32 Å². The molecule has 1 saturated heterocycles. The van der Waals surface area contributed by atoms with E-state index in [4.69, 9.17) is 4.74 Å². The van der Waals surface area contributed by atoms with Crippen LogP contribution in [0.5, 0.6) is 11.5 Å². The Labute approximate surface area is 112 Å². The lowest BCUT2D eigenvalue weighted by Crippen LogP contribution is -2.39. The van der Waals surface area contributed by atoms with Crippen LogP contribution in [-0.4, -0.2) is 35.9 Å². The van der Waals surface area contributed by atoms with Crippen LogP contribution in [0.15, 0.2) is 18.2 Å². The summed E-state index contributed by atoms with van der Waals surface area (Å²) >= 11 is 0. The van der Waals surface area contributed by atoms with Gasteiger partial charge in [0.15, 0.2) is 11.5 Å². The van der Waals surface area contributed by atoms with Crippen LogP contribution in [0.1, 0.15) is 30.1 Å². The van der Waals surface area contributed by atoms with Gasteiger partial charge in [0, 0.05) is 19.8 Å². The molecule has 1 aliphatic heterocycles. The van der Waals surface area contributed by atoms with Crippen molar-refractivity contribution in [2.75, 3.05) is 19.8 Å². The summed E-state index contributed by atoms with van der Waals surface area (Å²) in [6.07, 6.45) is 1.80. The minimum Gasteiger partial charge on any atom is -0.504 e. The monoisotopic (exact) mass is 265 g/mol. The number of hydrogen-bond donors (Lipinski definition) is 3. The number of nitrogens with one attached hydrogen (secondary N) is 1. The smallest absolute Gasteiger partial charge is 0.255 e. The van der Waals surface area contributed by atoms with E-state index in [1.807, 2.05) is 0 Å². The maximum absolute atomic E-state index is 12.0. The van der Waals surface area contributed by atoms with Gasteiger partial charge in [-0.15, -0.1) is 0 Å². The van der Waals surface area contributed by atoms with Gasteiger partial charge >= 0.3 is 0 Å². The first-order valence-corrected chi connectivity index (χ1v) is 6.39. The van der Waals surface area contributed by atoms with Crippen molar-refractivity contribution >= 4 is 5.91 Å². The van der Waals surface area contributed by atoms with E-state index < -0.39 is 0 Å². The van der Waals surface area contributed by atoms with Crippen LogP contribution in [0.3, 0.4) is 0 Å². The van der Waals surface area contributed by atoms with E-state index in [0.717, 1.165) is 12.8 Å². The SMILES string of the molecule is CC1(CNC(=O)c2cccc(O)c2O)CCOCC1. The number of hydrogen-bond acceptors (Lipinski definition) is 4. The molecule has 0 aromatic heterocycles. The number of benzene rings is 1. The lowest BCUT2D eigenvalue weighted by Gasteiger charge is -2.33. The molecule has 1 amide bonds. The molecule has 1 aromatic carbocycles. The second-order valence-electron chi connectivity index (χ2n) is 5.28. The summed E-state index contributed by atoms with van der Waals surface area (Å²) in [5, 5.41) is 21.8. The van der Waals surface area contributed by atoms with Crippen molar-refractivity contribution in [3.63, 3.8) is 0 Å². The van der Waals surface area contributed by atoms with Gasteiger partial charge in [-0.2, -0.15) is 0 Å². The number of carbonyl (C=O) groups excluding carboxylic acids is 1. The third kappa shape index (κ3) is 3.17. The van der Waals surface area contributed by atoms with Crippen molar-refractivity contribution in [3.8, 4) is 11.5 Å². The Hall–Kier alpha value is -1.75. The highest BCUT2D eigenvalue weighted by Crippen LogP contribution is 2.30. The highest BCUT2D eigenvalue weighted by molar-refractivity contribution is 5.97. The lowest BCUT2D eigenvalue weighted by atomic mass is 9.82. The van der Waals surface area contributed by atoms with Crippen molar-refractivity contribution in [2.45, 2.75) is 19.8 Å². The molecule has 1 aliphatic rings. The molecule has 0 bridgehead atoms. The molecule has 0 aliphatic carbocycles. The average molecular weight is 265 g/mol. The summed E-state index contributed by atoms with van der Waals surface area (Å²) < 4.78 is 5.31. The van der Waals surface area contributed by atoms with Gasteiger partial charge in [-0.1, -0.05) is 13.0 Å². The molecule has 19 heavy (non-hydrogen) atoms. The molecular formula is C14H19NO4. The number of phenolic OH excluding ortho intramolecular Hbond substituents is 2. The number of ether oxygens (including phenoxy) is 1. The third-order valence-corrected chi connectivity index (χ3v) is 3.63. The second kappa shape index (κ2) is 5.48. The Morgan fingerprint density at radius 3 is 2.74 bits per heavy atom. The molecule has 0 spiro atoms. The molecule has 2 rings (SSSR count). The van der Waals surface area contributed by atoms with Crippen LogP contribution in [0.4, 0.5) is 0 Å². The van der Waals surface area contributed by atoms with E-state index in [0.29, 0.717) is 19.8 Å². The van der Waals surface area contributed by atoms with Crippen LogP contribution in [0.2, 0.25) is 0 Å². The number of rotatable bonds is 3. The highest BCUT2D eigenvalue weighted by Gasteiger charge is 2.28. The Kier molecular flexibility index (Phi) is 3.95. The molecule has 0 saturated carbocycles. The van der Waals surface area contributed by atoms with Crippen LogP contribution < -0.4 is 5.32 Å². The molecule has 3 N–H and O–H groups in total. The van der Waals surface area contributed by atoms with Crippen LogP contribution in [-0.2, 0) is 4.74 Å². The van der Waals surface area contributed by atoms with Crippen LogP contribution in [0, 0.1) is 5.41 Å². The molecule has 1 aromatic rings. The zero-order valence-corrected chi connectivity index (χ0v) is 11.0. The average Bonchev–Trinajstić information content (AvgIpc) is 2.40. The first-order valence-electron chi connectivity index (χ1n) is 6.39. The van der Waals surface area contributed by atoms with E-state index in [-0.39, 0.29) is 28.4 Å². The van der Waals surface area contributed by atoms with E-state index in [1.54, 1.807) is 0 Å². The summed E-state index contributed by atoms with van der Waals surface area (Å²) in [6, 6.07) is 4.35. The standard InChI is InChI=1S/C14H19NO4/c1-14(5-7-19-8-6-14)9-15-13(18)10-3-2-4-11(16)12(10)17/h2-4,16-17H,5-9H2,1H3,(H,15,18). The molecule has 104 valence electrons. The van der Waals surface area contributed by atoms with Crippen LogP contribution in [0.25, 0.3) is 0 Å². The molecule has 0 radical (unpaired) electrons. The second-order valence-corrected chi connectivity index (χ2v) is 5.28. The largest absolute Gasteiger partial charge is 0.504 e. The minimum atomic E-state index is -0.378. The van der Waals surface area contributed by atoms with Gasteiger partial charge in [-0.3, -0.25) is 4.79 Å².